The van der Waals surface area contributed by atoms with Crippen LogP contribution in [0.15, 0.2) is 48.6 Å². The summed E-state index contributed by atoms with van der Waals surface area (Å²) in [5.41, 5.74) is 0. The molecule has 0 N–H and O–H groups in total. The molecule has 0 nitrogen and oxygen atoms in total. The standard InChI is InChI=1S/C16H26/c1-3-5-7-9-11-13-15-16-14-12-10-8-6-4-2/h3,5,9,11,13-16H,4,6-8,10,12H2,1-2H3/b5-3+,11-9+,15-13+,16-14+. The fraction of sp³-hybridized carbons (Fsp3) is 0.500. The third-order valence-electron chi connectivity index (χ3n) is 2.34. The van der Waals surface area contributed by atoms with Gasteiger partial charge in [-0.15, -0.1) is 0 Å². The van der Waals surface area contributed by atoms with Crippen LogP contribution in [0.25, 0.3) is 0 Å². The van der Waals surface area contributed by atoms with Crippen LogP contribution in [0.3, 0.4) is 0 Å². The Balaban J connectivity index is 3.37. The maximum absolute atomic E-state index is 2.26. The summed E-state index contributed by atoms with van der Waals surface area (Å²) in [6, 6.07) is 0. The summed E-state index contributed by atoms with van der Waals surface area (Å²) in [6.45, 7) is 4.30. The first kappa shape index (κ1) is 15.0. The smallest absolute Gasteiger partial charge is 0.0166 e. The number of hydrogen-bond acceptors (Lipinski definition) is 0. The van der Waals surface area contributed by atoms with Crippen molar-refractivity contribution in [2.24, 2.45) is 0 Å². The molecule has 0 unspecified atom stereocenters. The van der Waals surface area contributed by atoms with Crippen LogP contribution in [0, 0.1) is 0 Å². The maximum atomic E-state index is 2.26. The summed E-state index contributed by atoms with van der Waals surface area (Å²) in [7, 11) is 0. The molecular weight excluding hydrogens is 192 g/mol. The van der Waals surface area contributed by atoms with Crippen LogP contribution in [0.5, 0.6) is 0 Å². The second-order valence-electron chi connectivity index (χ2n) is 3.90. The topological polar surface area (TPSA) is 0 Å². The van der Waals surface area contributed by atoms with E-state index in [-0.39, 0.29) is 0 Å². The highest BCUT2D eigenvalue weighted by atomic mass is 13.9. The zero-order valence-electron chi connectivity index (χ0n) is 10.9. The summed E-state index contributed by atoms with van der Waals surface area (Å²) < 4.78 is 0. The molecule has 0 saturated carbocycles. The average molecular weight is 218 g/mol. The van der Waals surface area contributed by atoms with Gasteiger partial charge in [-0.2, -0.15) is 0 Å². The van der Waals surface area contributed by atoms with Gasteiger partial charge in [-0.05, 0) is 26.2 Å². The highest BCUT2D eigenvalue weighted by molar-refractivity contribution is 5.11. The lowest BCUT2D eigenvalue weighted by Crippen LogP contribution is -1.72. The second-order valence-corrected chi connectivity index (χ2v) is 3.90. The van der Waals surface area contributed by atoms with Crippen molar-refractivity contribution in [2.75, 3.05) is 0 Å². The quantitative estimate of drug-likeness (QED) is 0.269. The third kappa shape index (κ3) is 13.0. The molecule has 0 spiro atoms. The number of hydrogen-bond donors (Lipinski definition) is 0. The molecule has 16 heavy (non-hydrogen) atoms. The van der Waals surface area contributed by atoms with Crippen molar-refractivity contribution in [3.8, 4) is 0 Å². The molecule has 90 valence electrons. The van der Waals surface area contributed by atoms with Gasteiger partial charge in [0.25, 0.3) is 0 Å². The Morgan fingerprint density at radius 1 is 0.750 bits per heavy atom. The number of allylic oxidation sites excluding steroid dienone is 8. The van der Waals surface area contributed by atoms with E-state index in [1.165, 1.54) is 32.1 Å². The van der Waals surface area contributed by atoms with Crippen molar-refractivity contribution in [1.29, 1.82) is 0 Å². The molecule has 0 fully saturated rings. The number of rotatable bonds is 9. The van der Waals surface area contributed by atoms with E-state index in [1.807, 2.05) is 6.92 Å². The molecule has 0 saturated heterocycles. The van der Waals surface area contributed by atoms with E-state index in [0.717, 1.165) is 6.42 Å². The normalized spacial score (nSPS) is 12.9. The Morgan fingerprint density at radius 3 is 2.19 bits per heavy atom. The predicted molar refractivity (Wildman–Crippen MR) is 75.6 cm³/mol. The highest BCUT2D eigenvalue weighted by Gasteiger charge is 1.82. The molecule has 0 radical (unpaired) electrons. The Hall–Kier alpha value is -1.04. The number of unbranched alkanes of at least 4 members (excludes halogenated alkanes) is 4. The summed E-state index contributed by atoms with van der Waals surface area (Å²) in [5.74, 6) is 0. The van der Waals surface area contributed by atoms with Crippen molar-refractivity contribution in [3.05, 3.63) is 48.6 Å². The Morgan fingerprint density at radius 2 is 1.50 bits per heavy atom. The van der Waals surface area contributed by atoms with E-state index in [1.54, 1.807) is 0 Å². The molecule has 0 heterocycles. The Bertz CT molecular complexity index is 228. The van der Waals surface area contributed by atoms with Gasteiger partial charge in [0, 0.05) is 0 Å². The fourth-order valence-corrected chi connectivity index (χ4v) is 1.36. The van der Waals surface area contributed by atoms with E-state index in [0.29, 0.717) is 0 Å². The third-order valence-corrected chi connectivity index (χ3v) is 2.34. The summed E-state index contributed by atoms with van der Waals surface area (Å²) in [5, 5.41) is 0. The minimum Gasteiger partial charge on any atom is -0.0914 e. The molecule has 0 rings (SSSR count). The Kier molecular flexibility index (Phi) is 13.1. The van der Waals surface area contributed by atoms with Gasteiger partial charge in [0.05, 0.1) is 0 Å². The molecule has 0 aromatic heterocycles. The predicted octanol–water partition coefficient (Wildman–Crippen LogP) is 5.59. The maximum Gasteiger partial charge on any atom is -0.0166 e. The van der Waals surface area contributed by atoms with E-state index >= 15 is 0 Å². The van der Waals surface area contributed by atoms with Crippen LogP contribution >= 0.6 is 0 Å². The fourth-order valence-electron chi connectivity index (χ4n) is 1.36. The van der Waals surface area contributed by atoms with E-state index < -0.39 is 0 Å². The van der Waals surface area contributed by atoms with E-state index in [4.69, 9.17) is 0 Å². The minimum absolute atomic E-state index is 1.03. The molecule has 0 aromatic carbocycles. The monoisotopic (exact) mass is 218 g/mol. The first-order chi connectivity index (χ1) is 7.91. The lowest BCUT2D eigenvalue weighted by atomic mass is 10.1. The molecule has 0 aliphatic rings. The first-order valence-electron chi connectivity index (χ1n) is 6.51. The van der Waals surface area contributed by atoms with E-state index in [2.05, 4.69) is 55.5 Å². The van der Waals surface area contributed by atoms with Crippen LogP contribution in [-0.2, 0) is 0 Å². The van der Waals surface area contributed by atoms with Crippen LogP contribution in [0.2, 0.25) is 0 Å². The van der Waals surface area contributed by atoms with Gasteiger partial charge in [0.1, 0.15) is 0 Å². The van der Waals surface area contributed by atoms with Crippen LogP contribution in [0.4, 0.5) is 0 Å². The van der Waals surface area contributed by atoms with Crippen LogP contribution in [-0.4, -0.2) is 0 Å². The largest absolute Gasteiger partial charge is 0.0914 e. The van der Waals surface area contributed by atoms with Gasteiger partial charge in [-0.25, -0.2) is 0 Å². The summed E-state index contributed by atoms with van der Waals surface area (Å²) in [4.78, 5) is 0. The van der Waals surface area contributed by atoms with Crippen molar-refractivity contribution in [1.82, 2.24) is 0 Å². The zero-order chi connectivity index (χ0) is 11.9. The van der Waals surface area contributed by atoms with Crippen molar-refractivity contribution in [3.63, 3.8) is 0 Å². The minimum atomic E-state index is 1.03. The van der Waals surface area contributed by atoms with Crippen LogP contribution in [0.1, 0.15) is 52.4 Å². The lowest BCUT2D eigenvalue weighted by Gasteiger charge is -1.92. The second kappa shape index (κ2) is 14.0. The van der Waals surface area contributed by atoms with Gasteiger partial charge < -0.3 is 0 Å². The van der Waals surface area contributed by atoms with Gasteiger partial charge in [0.2, 0.25) is 0 Å². The van der Waals surface area contributed by atoms with Crippen LogP contribution < -0.4 is 0 Å². The van der Waals surface area contributed by atoms with Crippen molar-refractivity contribution >= 4 is 0 Å². The molecule has 0 aliphatic carbocycles. The molecule has 0 amide bonds. The zero-order valence-corrected chi connectivity index (χ0v) is 10.9. The van der Waals surface area contributed by atoms with Gasteiger partial charge >= 0.3 is 0 Å². The highest BCUT2D eigenvalue weighted by Crippen LogP contribution is 2.02. The summed E-state index contributed by atoms with van der Waals surface area (Å²) >= 11 is 0. The molecule has 0 bridgehead atoms. The molecule has 0 heteroatoms. The molecular formula is C16H26. The first-order valence-corrected chi connectivity index (χ1v) is 6.51. The molecule has 0 aromatic rings. The van der Waals surface area contributed by atoms with Crippen molar-refractivity contribution in [2.45, 2.75) is 52.4 Å². The molecule has 0 atom stereocenters. The van der Waals surface area contributed by atoms with Gasteiger partial charge in [-0.1, -0.05) is 74.8 Å². The molecule has 0 aliphatic heterocycles. The van der Waals surface area contributed by atoms with Gasteiger partial charge in [0.15, 0.2) is 0 Å². The SMILES string of the molecule is C/C=C/C/C=C/C=C/C=C/CCCCCC. The van der Waals surface area contributed by atoms with Crippen molar-refractivity contribution < 1.29 is 0 Å². The van der Waals surface area contributed by atoms with E-state index in [9.17, 15) is 0 Å². The Labute approximate surface area is 101 Å². The summed E-state index contributed by atoms with van der Waals surface area (Å²) in [6.07, 6.45) is 24.7. The average Bonchev–Trinajstić information content (AvgIpc) is 2.31. The lowest BCUT2D eigenvalue weighted by molar-refractivity contribution is 0.674. The van der Waals surface area contributed by atoms with Gasteiger partial charge in [-0.3, -0.25) is 0 Å².